The van der Waals surface area contributed by atoms with Crippen LogP contribution in [0.3, 0.4) is 0 Å². The van der Waals surface area contributed by atoms with E-state index in [4.69, 9.17) is 21.1 Å². The zero-order valence-corrected chi connectivity index (χ0v) is 28.6. The van der Waals surface area contributed by atoms with Crippen molar-refractivity contribution < 1.29 is 23.9 Å². The Labute approximate surface area is 294 Å². The fraction of sp³-hybridized carbons (Fsp3) is 0.103. The molecule has 10 heteroatoms. The molecule has 1 unspecified atom stereocenters. The summed E-state index contributed by atoms with van der Waals surface area (Å²) in [5.41, 5.74) is 3.66. The number of nitrogens with one attached hydrogen (secondary N) is 3. The first kappa shape index (κ1) is 34.8. The van der Waals surface area contributed by atoms with Crippen LogP contribution in [0.5, 0.6) is 11.5 Å². The molecule has 0 aromatic heterocycles. The van der Waals surface area contributed by atoms with Crippen LogP contribution in [0.25, 0.3) is 6.08 Å². The average Bonchev–Trinajstić information content (AvgIpc) is 3.12. The summed E-state index contributed by atoms with van der Waals surface area (Å²) in [7, 11) is 3.02. The SMILES string of the molecule is COc1cccc(/C=C(/NC(=O)c2ccccc2)C(=O)Nc2cccc(SC(C(=O)Nc3ccc(C)c(Cl)c3)c3ccccc3)c2)c1OC. The number of aryl methyl sites for hydroxylation is 1. The molecule has 0 bridgehead atoms. The van der Waals surface area contributed by atoms with E-state index in [2.05, 4.69) is 16.0 Å². The molecule has 1 atom stereocenters. The van der Waals surface area contributed by atoms with Crippen molar-refractivity contribution >= 4 is 58.5 Å². The standard InChI is InChI=1S/C39H34ClN3O5S/c1-25-20-21-30(24-32(25)40)42-39(46)36(26-12-6-4-7-13-26)49-31-18-11-17-29(23-31)41-38(45)33(43-37(44)27-14-8-5-9-15-27)22-28-16-10-19-34(47-2)35(28)48-3/h4-24,36H,1-3H3,(H,41,45)(H,42,46)(H,43,44)/b33-22+. The monoisotopic (exact) mass is 691 g/mol. The highest BCUT2D eigenvalue weighted by atomic mass is 35.5. The number of ether oxygens (including phenoxy) is 2. The van der Waals surface area contributed by atoms with Crippen LogP contribution in [0.2, 0.25) is 5.02 Å². The summed E-state index contributed by atoms with van der Waals surface area (Å²) in [4.78, 5) is 41.4. The summed E-state index contributed by atoms with van der Waals surface area (Å²) >= 11 is 7.64. The second kappa shape index (κ2) is 16.5. The summed E-state index contributed by atoms with van der Waals surface area (Å²) < 4.78 is 11.0. The van der Waals surface area contributed by atoms with Gasteiger partial charge in [-0.2, -0.15) is 0 Å². The lowest BCUT2D eigenvalue weighted by Crippen LogP contribution is -2.30. The fourth-order valence-electron chi connectivity index (χ4n) is 4.88. The maximum atomic E-state index is 13.8. The molecule has 3 N–H and O–H groups in total. The lowest BCUT2D eigenvalue weighted by atomic mass is 10.1. The Balaban J connectivity index is 1.41. The van der Waals surface area contributed by atoms with E-state index in [1.165, 1.54) is 32.1 Å². The molecule has 0 aliphatic heterocycles. The van der Waals surface area contributed by atoms with Gasteiger partial charge in [0.25, 0.3) is 11.8 Å². The molecule has 0 heterocycles. The van der Waals surface area contributed by atoms with Crippen molar-refractivity contribution in [2.75, 3.05) is 24.9 Å². The average molecular weight is 692 g/mol. The molecule has 8 nitrogen and oxygen atoms in total. The molecular formula is C39H34ClN3O5S. The predicted octanol–water partition coefficient (Wildman–Crippen LogP) is 8.55. The third-order valence-electron chi connectivity index (χ3n) is 7.39. The number of methoxy groups -OCH3 is 2. The van der Waals surface area contributed by atoms with Gasteiger partial charge in [0.05, 0.1) is 14.2 Å². The van der Waals surface area contributed by atoms with E-state index in [1.54, 1.807) is 72.8 Å². The second-order valence-corrected chi connectivity index (χ2v) is 12.4. The molecule has 0 saturated carbocycles. The van der Waals surface area contributed by atoms with E-state index in [0.29, 0.717) is 39.0 Å². The van der Waals surface area contributed by atoms with E-state index in [9.17, 15) is 14.4 Å². The van der Waals surface area contributed by atoms with Crippen LogP contribution in [-0.4, -0.2) is 31.9 Å². The van der Waals surface area contributed by atoms with Crippen LogP contribution in [0, 0.1) is 6.92 Å². The first-order valence-electron chi connectivity index (χ1n) is 15.2. The number of thioether (sulfide) groups is 1. The minimum Gasteiger partial charge on any atom is -0.493 e. The molecule has 5 rings (SSSR count). The van der Waals surface area contributed by atoms with Gasteiger partial charge in [0.2, 0.25) is 5.91 Å². The van der Waals surface area contributed by atoms with Crippen LogP contribution >= 0.6 is 23.4 Å². The molecule has 5 aromatic carbocycles. The number of carbonyl (C=O) groups is 3. The molecule has 0 fully saturated rings. The van der Waals surface area contributed by atoms with Crippen molar-refractivity contribution in [3.05, 3.63) is 154 Å². The zero-order valence-electron chi connectivity index (χ0n) is 27.0. The van der Waals surface area contributed by atoms with E-state index in [1.807, 2.05) is 55.5 Å². The van der Waals surface area contributed by atoms with E-state index in [0.717, 1.165) is 16.0 Å². The third-order valence-corrected chi connectivity index (χ3v) is 9.04. The minimum atomic E-state index is -0.617. The Morgan fingerprint density at radius 3 is 2.14 bits per heavy atom. The van der Waals surface area contributed by atoms with Crippen LogP contribution in [0.15, 0.2) is 132 Å². The summed E-state index contributed by atoms with van der Waals surface area (Å²) in [5, 5.41) is 8.57. The van der Waals surface area contributed by atoms with Gasteiger partial charge in [-0.1, -0.05) is 84.4 Å². The molecule has 49 heavy (non-hydrogen) atoms. The normalized spacial score (nSPS) is 11.6. The maximum Gasteiger partial charge on any atom is 0.272 e. The molecule has 0 saturated heterocycles. The number of amides is 3. The van der Waals surface area contributed by atoms with E-state index < -0.39 is 17.1 Å². The topological polar surface area (TPSA) is 106 Å². The van der Waals surface area contributed by atoms with Crippen molar-refractivity contribution in [1.29, 1.82) is 0 Å². The number of carbonyl (C=O) groups excluding carboxylic acids is 3. The van der Waals surface area contributed by atoms with E-state index >= 15 is 0 Å². The molecule has 248 valence electrons. The van der Waals surface area contributed by atoms with Crippen molar-refractivity contribution in [3.8, 4) is 11.5 Å². The predicted molar refractivity (Wildman–Crippen MR) is 196 cm³/mol. The van der Waals surface area contributed by atoms with Gasteiger partial charge >= 0.3 is 0 Å². The lowest BCUT2D eigenvalue weighted by molar-refractivity contribution is -0.116. The number of hydrogen-bond acceptors (Lipinski definition) is 6. The van der Waals surface area contributed by atoms with Crippen molar-refractivity contribution in [3.63, 3.8) is 0 Å². The number of anilines is 2. The summed E-state index contributed by atoms with van der Waals surface area (Å²) in [5.74, 6) is -0.380. The van der Waals surface area contributed by atoms with Crippen LogP contribution in [-0.2, 0) is 9.59 Å². The van der Waals surface area contributed by atoms with Crippen molar-refractivity contribution in [1.82, 2.24) is 5.32 Å². The minimum absolute atomic E-state index is 0.0169. The first-order chi connectivity index (χ1) is 23.7. The van der Waals surface area contributed by atoms with Crippen LogP contribution < -0.4 is 25.4 Å². The van der Waals surface area contributed by atoms with Crippen molar-refractivity contribution in [2.45, 2.75) is 17.1 Å². The maximum absolute atomic E-state index is 13.8. The first-order valence-corrected chi connectivity index (χ1v) is 16.5. The quantitative estimate of drug-likeness (QED) is 0.0895. The highest BCUT2D eigenvalue weighted by molar-refractivity contribution is 8.00. The smallest absolute Gasteiger partial charge is 0.272 e. The zero-order chi connectivity index (χ0) is 34.8. The Bertz CT molecular complexity index is 1990. The fourth-order valence-corrected chi connectivity index (χ4v) is 6.15. The van der Waals surface area contributed by atoms with Crippen LogP contribution in [0.1, 0.15) is 32.3 Å². The van der Waals surface area contributed by atoms with Gasteiger partial charge < -0.3 is 25.4 Å². The van der Waals surface area contributed by atoms with Crippen LogP contribution in [0.4, 0.5) is 11.4 Å². The van der Waals surface area contributed by atoms with Gasteiger partial charge in [-0.25, -0.2) is 0 Å². The summed E-state index contributed by atoms with van der Waals surface area (Å²) in [6.07, 6.45) is 1.53. The largest absolute Gasteiger partial charge is 0.493 e. The lowest BCUT2D eigenvalue weighted by Gasteiger charge is -2.18. The van der Waals surface area contributed by atoms with Gasteiger partial charge in [0, 0.05) is 32.4 Å². The second-order valence-electron chi connectivity index (χ2n) is 10.8. The number of hydrogen-bond donors (Lipinski definition) is 3. The molecule has 3 amide bonds. The van der Waals surface area contributed by atoms with Gasteiger partial charge in [0.1, 0.15) is 10.9 Å². The van der Waals surface area contributed by atoms with Gasteiger partial charge in [-0.05, 0) is 72.7 Å². The summed E-state index contributed by atoms with van der Waals surface area (Å²) in [6.45, 7) is 1.90. The third kappa shape index (κ3) is 9.10. The van der Waals surface area contributed by atoms with Gasteiger partial charge in [-0.3, -0.25) is 14.4 Å². The highest BCUT2D eigenvalue weighted by Crippen LogP contribution is 2.38. The Morgan fingerprint density at radius 1 is 0.755 bits per heavy atom. The Morgan fingerprint density at radius 2 is 1.45 bits per heavy atom. The molecule has 5 aromatic rings. The molecule has 0 aliphatic carbocycles. The van der Waals surface area contributed by atoms with Gasteiger partial charge in [-0.15, -0.1) is 11.8 Å². The molecule has 0 radical (unpaired) electrons. The number of benzene rings is 5. The molecule has 0 spiro atoms. The van der Waals surface area contributed by atoms with Gasteiger partial charge in [0.15, 0.2) is 11.5 Å². The Kier molecular flexibility index (Phi) is 11.8. The summed E-state index contributed by atoms with van der Waals surface area (Å²) in [6, 6.07) is 35.8. The van der Waals surface area contributed by atoms with Crippen molar-refractivity contribution in [2.24, 2.45) is 0 Å². The molecular weight excluding hydrogens is 658 g/mol. The number of para-hydroxylation sites is 1. The molecule has 0 aliphatic rings. The highest BCUT2D eigenvalue weighted by Gasteiger charge is 2.23. The number of rotatable bonds is 12. The Hall–Kier alpha value is -5.51. The number of halogens is 1. The van der Waals surface area contributed by atoms with E-state index in [-0.39, 0.29) is 11.6 Å².